The zero-order valence-corrected chi connectivity index (χ0v) is 14.7. The molecule has 1 aromatic rings. The number of rotatable bonds is 2. The summed E-state index contributed by atoms with van der Waals surface area (Å²) in [7, 11) is 1.45. The Morgan fingerprint density at radius 1 is 1.44 bits per heavy atom. The highest BCUT2D eigenvalue weighted by Gasteiger charge is 2.70. The number of hydroxylamine groups is 3. The van der Waals surface area contributed by atoms with Crippen LogP contribution in [0.1, 0.15) is 38.2 Å². The van der Waals surface area contributed by atoms with E-state index in [1.165, 1.54) is 12.7 Å². The van der Waals surface area contributed by atoms with E-state index in [1.807, 2.05) is 12.1 Å². The maximum absolute atomic E-state index is 13.9. The average Bonchev–Trinajstić information content (AvgIpc) is 3.23. The molecule has 2 saturated heterocycles. The van der Waals surface area contributed by atoms with Crippen LogP contribution >= 0.6 is 0 Å². The van der Waals surface area contributed by atoms with Crippen molar-refractivity contribution >= 4 is 11.7 Å². The van der Waals surface area contributed by atoms with Crippen LogP contribution in [0.3, 0.4) is 0 Å². The maximum atomic E-state index is 13.9. The molecule has 0 unspecified atom stereocenters. The molecule has 25 heavy (non-hydrogen) atoms. The topological polar surface area (TPSA) is 61.4 Å². The van der Waals surface area contributed by atoms with Gasteiger partial charge in [0, 0.05) is 30.1 Å². The minimum Gasteiger partial charge on any atom is -0.632 e. The number of esters is 1. The van der Waals surface area contributed by atoms with E-state index in [2.05, 4.69) is 24.4 Å². The molecule has 5 heteroatoms. The molecule has 3 heterocycles. The van der Waals surface area contributed by atoms with E-state index < -0.39 is 0 Å². The van der Waals surface area contributed by atoms with Crippen LogP contribution in [0.25, 0.3) is 0 Å². The van der Waals surface area contributed by atoms with E-state index in [0.717, 1.165) is 36.2 Å². The number of benzene rings is 1. The van der Waals surface area contributed by atoms with Crippen LogP contribution < -0.4 is 5.32 Å². The molecule has 0 amide bonds. The third-order valence-electron chi connectivity index (χ3n) is 7.26. The lowest BCUT2D eigenvalue weighted by Gasteiger charge is -2.49. The molecule has 1 N–H and O–H groups in total. The summed E-state index contributed by atoms with van der Waals surface area (Å²) in [5, 5.41) is 17.4. The largest absolute Gasteiger partial charge is 0.632 e. The Balaban J connectivity index is 1.78. The molecule has 5 atom stereocenters. The monoisotopic (exact) mass is 340 g/mol. The van der Waals surface area contributed by atoms with Gasteiger partial charge >= 0.3 is 5.97 Å². The van der Waals surface area contributed by atoms with E-state index in [0.29, 0.717) is 13.0 Å². The van der Waals surface area contributed by atoms with Crippen LogP contribution in [0, 0.1) is 11.1 Å². The molecule has 1 spiro atoms. The highest BCUT2D eigenvalue weighted by atomic mass is 16.6. The smallest absolute Gasteiger partial charge is 0.335 e. The fourth-order valence-corrected chi connectivity index (χ4v) is 6.45. The van der Waals surface area contributed by atoms with Gasteiger partial charge in [0.25, 0.3) is 0 Å². The second kappa shape index (κ2) is 4.86. The van der Waals surface area contributed by atoms with Crippen molar-refractivity contribution in [2.45, 2.75) is 50.1 Å². The summed E-state index contributed by atoms with van der Waals surface area (Å²) < 4.78 is 5.03. The Morgan fingerprint density at radius 2 is 2.24 bits per heavy atom. The van der Waals surface area contributed by atoms with Gasteiger partial charge in [-0.05, 0) is 24.5 Å². The number of hydrogen-bond acceptors (Lipinski definition) is 4. The molecule has 0 saturated carbocycles. The molecular formula is C20H24N2O3. The number of nitrogens with one attached hydrogen (secondary N) is 1. The predicted molar refractivity (Wildman–Crippen MR) is 94.5 cm³/mol. The molecule has 5 rings (SSSR count). The first-order chi connectivity index (χ1) is 12.1. The van der Waals surface area contributed by atoms with Crippen molar-refractivity contribution in [2.24, 2.45) is 5.92 Å². The minimum atomic E-state index is -0.339. The van der Waals surface area contributed by atoms with Crippen LogP contribution in [0.4, 0.5) is 5.69 Å². The lowest BCUT2D eigenvalue weighted by molar-refractivity contribution is -0.907. The van der Waals surface area contributed by atoms with Crippen LogP contribution in [0.5, 0.6) is 0 Å². The number of nitrogens with zero attached hydrogens (tertiary/aromatic N) is 1. The number of anilines is 1. The number of hydrogen-bond donors (Lipinski definition) is 1. The van der Waals surface area contributed by atoms with Crippen molar-refractivity contribution in [2.75, 3.05) is 19.0 Å². The van der Waals surface area contributed by atoms with E-state index in [1.54, 1.807) is 0 Å². The quantitative estimate of drug-likeness (QED) is 0.511. The molecule has 0 radical (unpaired) electrons. The molecule has 132 valence electrons. The Labute approximate surface area is 147 Å². The third-order valence-corrected chi connectivity index (χ3v) is 7.26. The molecule has 4 aliphatic rings. The molecule has 1 aliphatic carbocycles. The molecular weight excluding hydrogens is 316 g/mol. The maximum Gasteiger partial charge on any atom is 0.335 e. The number of fused-ring (bicyclic) bond motifs is 1. The van der Waals surface area contributed by atoms with Crippen molar-refractivity contribution in [3.05, 3.63) is 46.3 Å². The van der Waals surface area contributed by atoms with Crippen LogP contribution in [-0.2, 0) is 14.9 Å². The third kappa shape index (κ3) is 1.64. The summed E-state index contributed by atoms with van der Waals surface area (Å²) in [5.74, 6) is 0.0136. The summed E-state index contributed by atoms with van der Waals surface area (Å²) in [4.78, 5) is 12.5. The van der Waals surface area contributed by atoms with Gasteiger partial charge < -0.3 is 19.9 Å². The first-order valence-electron chi connectivity index (χ1n) is 9.33. The molecule has 3 aliphatic heterocycles. The number of carbonyl (C=O) groups is 1. The van der Waals surface area contributed by atoms with Gasteiger partial charge in [0.1, 0.15) is 6.04 Å². The molecule has 0 bridgehead atoms. The minimum absolute atomic E-state index is 0.0250. The van der Waals surface area contributed by atoms with Crippen molar-refractivity contribution in [1.29, 1.82) is 0 Å². The second-order valence-corrected chi connectivity index (χ2v) is 8.02. The van der Waals surface area contributed by atoms with Crippen LogP contribution in [0.15, 0.2) is 35.5 Å². The summed E-state index contributed by atoms with van der Waals surface area (Å²) in [6.45, 7) is 2.77. The average molecular weight is 340 g/mol. The predicted octanol–water partition coefficient (Wildman–Crippen LogP) is 3.07. The van der Waals surface area contributed by atoms with E-state index in [9.17, 15) is 10.0 Å². The van der Waals surface area contributed by atoms with Gasteiger partial charge in [0.15, 0.2) is 0 Å². The number of carbonyl (C=O) groups excluding carboxylic acids is 1. The van der Waals surface area contributed by atoms with Crippen molar-refractivity contribution < 1.29 is 14.2 Å². The Hall–Kier alpha value is -1.85. The Morgan fingerprint density at radius 3 is 3.00 bits per heavy atom. The van der Waals surface area contributed by atoms with Gasteiger partial charge in [0.05, 0.1) is 30.7 Å². The first kappa shape index (κ1) is 15.4. The van der Waals surface area contributed by atoms with Crippen LogP contribution in [0.2, 0.25) is 0 Å². The van der Waals surface area contributed by atoms with Crippen molar-refractivity contribution in [3.63, 3.8) is 0 Å². The first-order valence-corrected chi connectivity index (χ1v) is 9.33. The zero-order chi connectivity index (χ0) is 17.4. The summed E-state index contributed by atoms with van der Waals surface area (Å²) in [6.07, 6.45) is 3.30. The van der Waals surface area contributed by atoms with Gasteiger partial charge in [-0.3, -0.25) is 0 Å². The van der Waals surface area contributed by atoms with E-state index >= 15 is 0 Å². The number of para-hydroxylation sites is 1. The number of ether oxygens (including phenoxy) is 1. The second-order valence-electron chi connectivity index (χ2n) is 8.02. The summed E-state index contributed by atoms with van der Waals surface area (Å²) in [6, 6.07) is 8.43. The van der Waals surface area contributed by atoms with E-state index in [-0.39, 0.29) is 34.0 Å². The Bertz CT molecular complexity index is 804. The number of methoxy groups -OCH3 is 1. The molecule has 2 fully saturated rings. The standard InChI is InChI=1S/C20H24N2O3/c1-3-13-10-12-11-14(19(23)25-2)17-20(8-9-22(13,24)18(12)20)15-6-4-5-7-16(15)21-17/h4-7,12-13,18,21H,3,8-11H2,1-2H3/t12-,13-,18-,20-,22+/m1/s1. The van der Waals surface area contributed by atoms with Gasteiger partial charge in [-0.15, -0.1) is 0 Å². The summed E-state index contributed by atoms with van der Waals surface area (Å²) in [5.41, 5.74) is 3.62. The van der Waals surface area contributed by atoms with Gasteiger partial charge in [0.2, 0.25) is 0 Å². The fourth-order valence-electron chi connectivity index (χ4n) is 6.45. The van der Waals surface area contributed by atoms with Crippen molar-refractivity contribution in [3.8, 4) is 0 Å². The molecule has 1 aromatic carbocycles. The van der Waals surface area contributed by atoms with Gasteiger partial charge in [-0.2, -0.15) is 0 Å². The normalized spacial score (nSPS) is 40.4. The lowest BCUT2D eigenvalue weighted by atomic mass is 9.63. The molecule has 0 aromatic heterocycles. The van der Waals surface area contributed by atoms with E-state index in [4.69, 9.17) is 4.74 Å². The Kier molecular flexibility index (Phi) is 3.00. The highest BCUT2D eigenvalue weighted by Crippen LogP contribution is 2.64. The molecule has 5 nitrogen and oxygen atoms in total. The van der Waals surface area contributed by atoms with Crippen LogP contribution in [-0.4, -0.2) is 36.4 Å². The number of quaternary nitrogens is 1. The SMILES string of the molecule is CC[C@@H]1C[C@@H]2CC(C(=O)OC)=C3Nc4ccccc4[C@]34CC[N@@+]1([O-])[C@H]24. The lowest BCUT2D eigenvalue weighted by Crippen LogP contribution is -2.55. The van der Waals surface area contributed by atoms with Gasteiger partial charge in [-0.25, -0.2) is 4.79 Å². The zero-order valence-electron chi connectivity index (χ0n) is 14.7. The highest BCUT2D eigenvalue weighted by molar-refractivity contribution is 5.92. The fraction of sp³-hybridized carbons (Fsp3) is 0.550. The van der Waals surface area contributed by atoms with Crippen molar-refractivity contribution in [1.82, 2.24) is 0 Å². The van der Waals surface area contributed by atoms with Gasteiger partial charge in [-0.1, -0.05) is 25.1 Å². The summed E-state index contributed by atoms with van der Waals surface area (Å²) >= 11 is 0.